The molecular weight excluding hydrogens is 284 g/mol. The fourth-order valence-corrected chi connectivity index (χ4v) is 3.34. The summed E-state index contributed by atoms with van der Waals surface area (Å²) in [7, 11) is 0. The Morgan fingerprint density at radius 1 is 1.29 bits per heavy atom. The number of pyridine rings is 1. The average molecular weight is 302 g/mol. The third-order valence-corrected chi connectivity index (χ3v) is 4.66. The quantitative estimate of drug-likeness (QED) is 0.853. The Labute approximate surface area is 128 Å². The van der Waals surface area contributed by atoms with Crippen molar-refractivity contribution >= 4 is 17.7 Å². The number of amides is 1. The molecule has 0 atom stereocenters. The molecule has 6 heteroatoms. The van der Waals surface area contributed by atoms with Crippen molar-refractivity contribution in [1.29, 1.82) is 0 Å². The van der Waals surface area contributed by atoms with E-state index in [0.29, 0.717) is 5.56 Å². The lowest BCUT2D eigenvalue weighted by atomic mass is 10.2. The van der Waals surface area contributed by atoms with Crippen molar-refractivity contribution in [3.05, 3.63) is 41.9 Å². The Morgan fingerprint density at radius 2 is 2.19 bits per heavy atom. The largest absolute Gasteiger partial charge is 0.338 e. The first-order valence-electron chi connectivity index (χ1n) is 7.10. The molecule has 3 heterocycles. The van der Waals surface area contributed by atoms with Crippen molar-refractivity contribution in [2.75, 3.05) is 24.6 Å². The van der Waals surface area contributed by atoms with Crippen molar-refractivity contribution in [2.45, 2.75) is 13.3 Å². The van der Waals surface area contributed by atoms with E-state index < -0.39 is 0 Å². The second-order valence-corrected chi connectivity index (χ2v) is 6.23. The first-order valence-corrected chi connectivity index (χ1v) is 8.26. The van der Waals surface area contributed by atoms with Gasteiger partial charge in [0, 0.05) is 25.0 Å². The van der Waals surface area contributed by atoms with Crippen LogP contribution in [0, 0.1) is 6.92 Å². The van der Waals surface area contributed by atoms with Crippen LogP contribution in [0.3, 0.4) is 0 Å². The molecule has 0 saturated carbocycles. The van der Waals surface area contributed by atoms with Gasteiger partial charge >= 0.3 is 0 Å². The number of carbonyl (C=O) groups excluding carboxylic acids is 1. The number of hydrogen-bond acceptors (Lipinski definition) is 4. The van der Waals surface area contributed by atoms with Crippen molar-refractivity contribution in [3.63, 3.8) is 0 Å². The summed E-state index contributed by atoms with van der Waals surface area (Å²) in [6, 6.07) is 5.66. The standard InChI is InChI=1S/C15H18N4OS/c1-12-13(15(20)18-7-4-9-21-10-8-18)11-17-19(12)14-5-2-3-6-16-14/h2-3,5-6,11H,4,7-10H2,1H3. The third-order valence-electron chi connectivity index (χ3n) is 3.62. The van der Waals surface area contributed by atoms with Gasteiger partial charge in [-0.2, -0.15) is 16.9 Å². The van der Waals surface area contributed by atoms with Crippen molar-refractivity contribution in [2.24, 2.45) is 0 Å². The van der Waals surface area contributed by atoms with Crippen LogP contribution in [0.25, 0.3) is 5.82 Å². The van der Waals surface area contributed by atoms with Crippen LogP contribution in [0.1, 0.15) is 22.5 Å². The number of carbonyl (C=O) groups is 1. The Hall–Kier alpha value is -1.82. The van der Waals surface area contributed by atoms with Gasteiger partial charge in [-0.1, -0.05) is 6.07 Å². The summed E-state index contributed by atoms with van der Waals surface area (Å²) in [5, 5.41) is 4.33. The van der Waals surface area contributed by atoms with E-state index in [-0.39, 0.29) is 5.91 Å². The maximum atomic E-state index is 12.7. The molecule has 0 spiro atoms. The lowest BCUT2D eigenvalue weighted by Gasteiger charge is -2.19. The van der Waals surface area contributed by atoms with Crippen molar-refractivity contribution in [3.8, 4) is 5.82 Å². The summed E-state index contributed by atoms with van der Waals surface area (Å²) < 4.78 is 1.72. The van der Waals surface area contributed by atoms with Gasteiger partial charge in [0.25, 0.3) is 5.91 Å². The normalized spacial score (nSPS) is 15.8. The molecule has 5 nitrogen and oxygen atoms in total. The highest BCUT2D eigenvalue weighted by Gasteiger charge is 2.22. The summed E-state index contributed by atoms with van der Waals surface area (Å²) in [4.78, 5) is 18.9. The summed E-state index contributed by atoms with van der Waals surface area (Å²) in [5.74, 6) is 2.97. The second kappa shape index (κ2) is 6.30. The van der Waals surface area contributed by atoms with E-state index in [4.69, 9.17) is 0 Å². The zero-order valence-electron chi connectivity index (χ0n) is 12.0. The van der Waals surface area contributed by atoms with E-state index in [1.165, 1.54) is 0 Å². The van der Waals surface area contributed by atoms with Crippen LogP contribution in [0.5, 0.6) is 0 Å². The number of hydrogen-bond donors (Lipinski definition) is 0. The Morgan fingerprint density at radius 3 is 3.00 bits per heavy atom. The number of thioether (sulfide) groups is 1. The van der Waals surface area contributed by atoms with Crippen molar-refractivity contribution in [1.82, 2.24) is 19.7 Å². The fraction of sp³-hybridized carbons (Fsp3) is 0.400. The zero-order chi connectivity index (χ0) is 14.7. The molecule has 0 radical (unpaired) electrons. The topological polar surface area (TPSA) is 51.0 Å². The monoisotopic (exact) mass is 302 g/mol. The Balaban J connectivity index is 1.86. The van der Waals surface area contributed by atoms with Crippen molar-refractivity contribution < 1.29 is 4.79 Å². The summed E-state index contributed by atoms with van der Waals surface area (Å²) >= 11 is 1.91. The van der Waals surface area contributed by atoms with Gasteiger partial charge in [-0.05, 0) is 31.2 Å². The zero-order valence-corrected chi connectivity index (χ0v) is 12.8. The minimum absolute atomic E-state index is 0.0807. The van der Waals surface area contributed by atoms with Crippen LogP contribution < -0.4 is 0 Å². The van der Waals surface area contributed by atoms with Crippen LogP contribution in [0.2, 0.25) is 0 Å². The first-order chi connectivity index (χ1) is 10.3. The minimum atomic E-state index is 0.0807. The maximum Gasteiger partial charge on any atom is 0.257 e. The molecule has 2 aromatic heterocycles. The molecule has 0 aliphatic carbocycles. The average Bonchev–Trinajstić information content (AvgIpc) is 2.74. The minimum Gasteiger partial charge on any atom is -0.338 e. The third kappa shape index (κ3) is 2.95. The molecule has 1 fully saturated rings. The van der Waals surface area contributed by atoms with Gasteiger partial charge < -0.3 is 4.90 Å². The molecule has 1 amide bonds. The molecule has 1 aliphatic rings. The molecule has 0 aromatic carbocycles. The van der Waals surface area contributed by atoms with Gasteiger partial charge in [0.05, 0.1) is 17.5 Å². The fourth-order valence-electron chi connectivity index (χ4n) is 2.45. The van der Waals surface area contributed by atoms with Crippen LogP contribution in [-0.2, 0) is 0 Å². The van der Waals surface area contributed by atoms with Gasteiger partial charge in [0.2, 0.25) is 0 Å². The molecule has 1 aliphatic heterocycles. The van der Waals surface area contributed by atoms with Gasteiger partial charge in [-0.3, -0.25) is 4.79 Å². The highest BCUT2D eigenvalue weighted by Crippen LogP contribution is 2.17. The smallest absolute Gasteiger partial charge is 0.257 e. The SMILES string of the molecule is Cc1c(C(=O)N2CCCSCC2)cnn1-c1ccccn1. The van der Waals surface area contributed by atoms with Gasteiger partial charge in [0.15, 0.2) is 5.82 Å². The summed E-state index contributed by atoms with van der Waals surface area (Å²) in [5.41, 5.74) is 1.52. The molecule has 0 bridgehead atoms. The van der Waals surface area contributed by atoms with E-state index in [2.05, 4.69) is 10.1 Å². The van der Waals surface area contributed by atoms with E-state index in [9.17, 15) is 4.79 Å². The molecule has 0 unspecified atom stereocenters. The highest BCUT2D eigenvalue weighted by atomic mass is 32.2. The molecule has 3 rings (SSSR count). The van der Waals surface area contributed by atoms with E-state index in [0.717, 1.165) is 42.5 Å². The molecule has 0 N–H and O–H groups in total. The first kappa shape index (κ1) is 14.1. The van der Waals surface area contributed by atoms with E-state index in [1.54, 1.807) is 17.1 Å². The van der Waals surface area contributed by atoms with Gasteiger partial charge in [-0.15, -0.1) is 0 Å². The number of rotatable bonds is 2. The van der Waals surface area contributed by atoms with Gasteiger partial charge in [0.1, 0.15) is 0 Å². The van der Waals surface area contributed by atoms with E-state index in [1.807, 2.05) is 41.8 Å². The molecule has 1 saturated heterocycles. The van der Waals surface area contributed by atoms with E-state index >= 15 is 0 Å². The second-order valence-electron chi connectivity index (χ2n) is 5.00. The molecule has 2 aromatic rings. The van der Waals surface area contributed by atoms with Crippen LogP contribution >= 0.6 is 11.8 Å². The summed E-state index contributed by atoms with van der Waals surface area (Å²) in [6.45, 7) is 3.57. The molecular formula is C15H18N4OS. The predicted octanol–water partition coefficient (Wildman–Crippen LogP) is 2.15. The van der Waals surface area contributed by atoms with Crippen LogP contribution in [-0.4, -0.2) is 50.2 Å². The summed E-state index contributed by atoms with van der Waals surface area (Å²) in [6.07, 6.45) is 4.44. The van der Waals surface area contributed by atoms with Crippen LogP contribution in [0.4, 0.5) is 0 Å². The van der Waals surface area contributed by atoms with Gasteiger partial charge in [-0.25, -0.2) is 9.67 Å². The molecule has 110 valence electrons. The Kier molecular flexibility index (Phi) is 4.24. The molecule has 21 heavy (non-hydrogen) atoms. The maximum absolute atomic E-state index is 12.7. The van der Waals surface area contributed by atoms with Crippen LogP contribution in [0.15, 0.2) is 30.6 Å². The number of nitrogens with zero attached hydrogens (tertiary/aromatic N) is 4. The lowest BCUT2D eigenvalue weighted by molar-refractivity contribution is 0.0768. The number of aromatic nitrogens is 3. The Bertz CT molecular complexity index is 618. The highest BCUT2D eigenvalue weighted by molar-refractivity contribution is 7.99. The predicted molar refractivity (Wildman–Crippen MR) is 83.9 cm³/mol. The lowest BCUT2D eigenvalue weighted by Crippen LogP contribution is -2.33.